The van der Waals surface area contributed by atoms with Crippen molar-refractivity contribution in [2.75, 3.05) is 11.5 Å². The monoisotopic (exact) mass is 220 g/mol. The fraction of sp³-hybridized carbons (Fsp3) is 1.00. The van der Waals surface area contributed by atoms with Crippen LogP contribution in [0.3, 0.4) is 0 Å². The van der Waals surface area contributed by atoms with Crippen LogP contribution in [0.4, 0.5) is 0 Å². The van der Waals surface area contributed by atoms with Gasteiger partial charge in [-0.25, -0.2) is 8.42 Å². The second kappa shape index (κ2) is 4.19. The molecule has 0 unspecified atom stereocenters. The van der Waals surface area contributed by atoms with E-state index in [9.17, 15) is 13.5 Å². The lowest BCUT2D eigenvalue weighted by Crippen LogP contribution is -2.42. The molecule has 1 fully saturated rings. The predicted octanol–water partition coefficient (Wildman–Crippen LogP) is 1.36. The largest absolute Gasteiger partial charge is 0.390 e. The summed E-state index contributed by atoms with van der Waals surface area (Å²) in [4.78, 5) is 0. The Morgan fingerprint density at radius 2 is 2.00 bits per heavy atom. The fourth-order valence-electron chi connectivity index (χ4n) is 2.21. The lowest BCUT2D eigenvalue weighted by Gasteiger charge is -2.42. The standard InChI is InChI=1S/C10H20O3S/c1-3-14(12,13)6-4-5-10(11)7-9(2)8-10/h9,11H,3-8H2,1-2H3. The first-order valence-electron chi connectivity index (χ1n) is 5.30. The van der Waals surface area contributed by atoms with Crippen molar-refractivity contribution in [2.45, 2.75) is 45.1 Å². The summed E-state index contributed by atoms with van der Waals surface area (Å²) < 4.78 is 22.3. The molecule has 1 N–H and O–H groups in total. The zero-order chi connectivity index (χ0) is 10.8. The van der Waals surface area contributed by atoms with Gasteiger partial charge in [0.15, 0.2) is 0 Å². The van der Waals surface area contributed by atoms with E-state index in [1.54, 1.807) is 6.92 Å². The third-order valence-electron chi connectivity index (χ3n) is 2.99. The molecule has 0 aromatic carbocycles. The van der Waals surface area contributed by atoms with E-state index in [4.69, 9.17) is 0 Å². The lowest BCUT2D eigenvalue weighted by molar-refractivity contribution is -0.0737. The Kier molecular flexibility index (Phi) is 3.58. The van der Waals surface area contributed by atoms with Gasteiger partial charge in [0.05, 0.1) is 11.4 Å². The van der Waals surface area contributed by atoms with Crippen LogP contribution >= 0.6 is 0 Å². The summed E-state index contributed by atoms with van der Waals surface area (Å²) in [6.07, 6.45) is 2.90. The van der Waals surface area contributed by atoms with Gasteiger partial charge in [0.1, 0.15) is 9.84 Å². The van der Waals surface area contributed by atoms with Crippen LogP contribution in [0, 0.1) is 5.92 Å². The van der Waals surface area contributed by atoms with Crippen molar-refractivity contribution in [1.82, 2.24) is 0 Å². The maximum Gasteiger partial charge on any atom is 0.150 e. The lowest BCUT2D eigenvalue weighted by atomic mass is 9.70. The Labute approximate surface area is 86.4 Å². The minimum absolute atomic E-state index is 0.210. The van der Waals surface area contributed by atoms with E-state index in [1.807, 2.05) is 0 Å². The molecule has 0 atom stereocenters. The summed E-state index contributed by atoms with van der Waals surface area (Å²) in [6, 6.07) is 0. The van der Waals surface area contributed by atoms with Crippen molar-refractivity contribution in [2.24, 2.45) is 5.92 Å². The fourth-order valence-corrected chi connectivity index (χ4v) is 3.08. The van der Waals surface area contributed by atoms with Gasteiger partial charge in [-0.1, -0.05) is 13.8 Å². The predicted molar refractivity (Wildman–Crippen MR) is 56.9 cm³/mol. The van der Waals surface area contributed by atoms with Crippen molar-refractivity contribution in [3.63, 3.8) is 0 Å². The second-order valence-corrected chi connectivity index (χ2v) is 7.05. The first kappa shape index (κ1) is 12.0. The quantitative estimate of drug-likeness (QED) is 0.761. The molecule has 1 aliphatic rings. The second-order valence-electron chi connectivity index (χ2n) is 4.58. The van der Waals surface area contributed by atoms with E-state index in [0.29, 0.717) is 18.8 Å². The minimum Gasteiger partial charge on any atom is -0.390 e. The maximum atomic E-state index is 11.2. The molecule has 0 aliphatic heterocycles. The molecule has 1 aliphatic carbocycles. The molecule has 0 heterocycles. The van der Waals surface area contributed by atoms with Crippen LogP contribution in [0.5, 0.6) is 0 Å². The van der Waals surface area contributed by atoms with Gasteiger partial charge in [-0.15, -0.1) is 0 Å². The topological polar surface area (TPSA) is 54.4 Å². The van der Waals surface area contributed by atoms with E-state index in [1.165, 1.54) is 0 Å². The Morgan fingerprint density at radius 3 is 2.43 bits per heavy atom. The Bertz CT molecular complexity index is 276. The van der Waals surface area contributed by atoms with Crippen LogP contribution in [0.25, 0.3) is 0 Å². The van der Waals surface area contributed by atoms with Crippen molar-refractivity contribution >= 4 is 9.84 Å². The van der Waals surface area contributed by atoms with Crippen LogP contribution in [-0.4, -0.2) is 30.6 Å². The van der Waals surface area contributed by atoms with Gasteiger partial charge in [0, 0.05) is 5.75 Å². The number of sulfone groups is 1. The molecule has 84 valence electrons. The summed E-state index contributed by atoms with van der Waals surface area (Å²) in [5.41, 5.74) is -0.553. The molecular formula is C10H20O3S. The van der Waals surface area contributed by atoms with Gasteiger partial charge in [0.2, 0.25) is 0 Å². The molecule has 0 saturated heterocycles. The summed E-state index contributed by atoms with van der Waals surface area (Å²) in [7, 11) is -2.85. The van der Waals surface area contributed by atoms with E-state index < -0.39 is 15.4 Å². The zero-order valence-corrected chi connectivity index (χ0v) is 9.81. The molecule has 1 saturated carbocycles. The highest BCUT2D eigenvalue weighted by Gasteiger charge is 2.39. The van der Waals surface area contributed by atoms with Crippen LogP contribution in [0.1, 0.15) is 39.5 Å². The van der Waals surface area contributed by atoms with Crippen LogP contribution in [0.15, 0.2) is 0 Å². The maximum absolute atomic E-state index is 11.2. The van der Waals surface area contributed by atoms with E-state index >= 15 is 0 Å². The molecule has 0 radical (unpaired) electrons. The van der Waals surface area contributed by atoms with Gasteiger partial charge in [-0.3, -0.25) is 0 Å². The number of hydrogen-bond acceptors (Lipinski definition) is 3. The molecular weight excluding hydrogens is 200 g/mol. The molecule has 0 aromatic rings. The van der Waals surface area contributed by atoms with Crippen molar-refractivity contribution in [3.05, 3.63) is 0 Å². The smallest absolute Gasteiger partial charge is 0.150 e. The van der Waals surface area contributed by atoms with E-state index in [2.05, 4.69) is 6.92 Å². The van der Waals surface area contributed by atoms with E-state index in [0.717, 1.165) is 12.8 Å². The van der Waals surface area contributed by atoms with Gasteiger partial charge < -0.3 is 5.11 Å². The van der Waals surface area contributed by atoms with Gasteiger partial charge in [-0.05, 0) is 31.6 Å². The highest BCUT2D eigenvalue weighted by Crippen LogP contribution is 2.40. The van der Waals surface area contributed by atoms with Gasteiger partial charge in [0.25, 0.3) is 0 Å². The first-order valence-corrected chi connectivity index (χ1v) is 7.12. The summed E-state index contributed by atoms with van der Waals surface area (Å²) >= 11 is 0. The third kappa shape index (κ3) is 3.24. The van der Waals surface area contributed by atoms with Crippen molar-refractivity contribution in [3.8, 4) is 0 Å². The first-order chi connectivity index (χ1) is 6.37. The molecule has 4 heteroatoms. The average Bonchev–Trinajstić information content (AvgIpc) is 2.01. The van der Waals surface area contributed by atoms with Gasteiger partial charge in [-0.2, -0.15) is 0 Å². The average molecular weight is 220 g/mol. The SMILES string of the molecule is CCS(=O)(=O)CCCC1(O)CC(C)C1. The summed E-state index contributed by atoms with van der Waals surface area (Å²) in [5.74, 6) is 1.03. The van der Waals surface area contributed by atoms with Crippen LogP contribution < -0.4 is 0 Å². The molecule has 0 amide bonds. The Balaban J connectivity index is 2.22. The Hall–Kier alpha value is -0.0900. The highest BCUT2D eigenvalue weighted by atomic mass is 32.2. The number of aliphatic hydroxyl groups is 1. The highest BCUT2D eigenvalue weighted by molar-refractivity contribution is 7.91. The number of rotatable bonds is 5. The molecule has 0 aromatic heterocycles. The normalized spacial score (nSPS) is 32.6. The molecule has 14 heavy (non-hydrogen) atoms. The number of hydrogen-bond donors (Lipinski definition) is 1. The summed E-state index contributed by atoms with van der Waals surface area (Å²) in [6.45, 7) is 3.77. The van der Waals surface area contributed by atoms with E-state index in [-0.39, 0.29) is 11.5 Å². The van der Waals surface area contributed by atoms with Crippen molar-refractivity contribution in [1.29, 1.82) is 0 Å². The zero-order valence-electron chi connectivity index (χ0n) is 8.99. The minimum atomic E-state index is -2.85. The summed E-state index contributed by atoms with van der Waals surface area (Å²) in [5, 5.41) is 9.86. The molecule has 3 nitrogen and oxygen atoms in total. The third-order valence-corrected chi connectivity index (χ3v) is 4.78. The van der Waals surface area contributed by atoms with Crippen LogP contribution in [0.2, 0.25) is 0 Å². The van der Waals surface area contributed by atoms with Crippen molar-refractivity contribution < 1.29 is 13.5 Å². The van der Waals surface area contributed by atoms with Gasteiger partial charge >= 0.3 is 0 Å². The molecule has 0 bridgehead atoms. The molecule has 0 spiro atoms. The molecule has 1 rings (SSSR count). The Morgan fingerprint density at radius 1 is 1.43 bits per heavy atom. The van der Waals surface area contributed by atoms with Crippen LogP contribution in [-0.2, 0) is 9.84 Å².